The molecule has 26 heavy (non-hydrogen) atoms. The molecule has 4 heterocycles. The molecule has 2 aromatic heterocycles. The third kappa shape index (κ3) is 4.19. The Balaban J connectivity index is 1.45. The van der Waals surface area contributed by atoms with Crippen molar-refractivity contribution in [1.82, 2.24) is 19.9 Å². The number of pyridine rings is 1. The van der Waals surface area contributed by atoms with Crippen molar-refractivity contribution in [3.05, 3.63) is 42.0 Å². The van der Waals surface area contributed by atoms with Crippen molar-refractivity contribution in [2.24, 2.45) is 0 Å². The van der Waals surface area contributed by atoms with Gasteiger partial charge in [0.25, 0.3) is 0 Å². The smallest absolute Gasteiger partial charge is 0.150 e. The van der Waals surface area contributed by atoms with E-state index in [-0.39, 0.29) is 0 Å². The highest BCUT2D eigenvalue weighted by atomic mass is 16.5. The van der Waals surface area contributed by atoms with E-state index < -0.39 is 0 Å². The zero-order valence-corrected chi connectivity index (χ0v) is 15.4. The molecule has 0 amide bonds. The summed E-state index contributed by atoms with van der Waals surface area (Å²) in [5, 5.41) is 3.28. The molecule has 4 rings (SSSR count). The Hall–Kier alpha value is -2.05. The number of nitrogens with one attached hydrogen (secondary N) is 1. The summed E-state index contributed by atoms with van der Waals surface area (Å²) >= 11 is 0. The minimum atomic E-state index is 0.450. The molecule has 1 unspecified atom stereocenters. The van der Waals surface area contributed by atoms with Crippen molar-refractivity contribution >= 4 is 11.6 Å². The lowest BCUT2D eigenvalue weighted by molar-refractivity contribution is 0.0237. The van der Waals surface area contributed by atoms with Crippen LogP contribution in [0.3, 0.4) is 0 Å². The first-order valence-electron chi connectivity index (χ1n) is 9.62. The Morgan fingerprint density at radius 1 is 1.08 bits per heavy atom. The van der Waals surface area contributed by atoms with Crippen LogP contribution in [0.4, 0.5) is 11.6 Å². The van der Waals surface area contributed by atoms with Crippen molar-refractivity contribution in [2.45, 2.75) is 44.6 Å². The summed E-state index contributed by atoms with van der Waals surface area (Å²) in [6.45, 7) is 6.05. The summed E-state index contributed by atoms with van der Waals surface area (Å²) < 4.78 is 5.52. The predicted octanol–water partition coefficient (Wildman–Crippen LogP) is 3.28. The van der Waals surface area contributed by atoms with Gasteiger partial charge in [0.05, 0.1) is 11.9 Å². The van der Waals surface area contributed by atoms with E-state index in [1.165, 1.54) is 19.4 Å². The van der Waals surface area contributed by atoms with Gasteiger partial charge in [-0.05, 0) is 51.3 Å². The summed E-state index contributed by atoms with van der Waals surface area (Å²) in [6, 6.07) is 6.60. The van der Waals surface area contributed by atoms with Crippen LogP contribution in [0.15, 0.2) is 30.6 Å². The second-order valence-electron chi connectivity index (χ2n) is 7.30. The number of hydrogen-bond acceptors (Lipinski definition) is 6. The highest BCUT2D eigenvalue weighted by molar-refractivity contribution is 5.50. The zero-order valence-electron chi connectivity index (χ0n) is 15.4. The van der Waals surface area contributed by atoms with Crippen molar-refractivity contribution < 1.29 is 4.74 Å². The van der Waals surface area contributed by atoms with Crippen LogP contribution in [0.25, 0.3) is 0 Å². The molecular formula is C20H27N5O. The molecular weight excluding hydrogens is 326 g/mol. The van der Waals surface area contributed by atoms with E-state index in [1.54, 1.807) is 6.20 Å². The van der Waals surface area contributed by atoms with E-state index in [1.807, 2.05) is 31.3 Å². The van der Waals surface area contributed by atoms with Crippen LogP contribution in [0.2, 0.25) is 0 Å². The fraction of sp³-hybridized carbons (Fsp3) is 0.550. The fourth-order valence-electron chi connectivity index (χ4n) is 4.01. The lowest BCUT2D eigenvalue weighted by Crippen LogP contribution is -2.44. The Kier molecular flexibility index (Phi) is 5.41. The highest BCUT2D eigenvalue weighted by Gasteiger charge is 2.28. The molecule has 2 saturated heterocycles. The van der Waals surface area contributed by atoms with Gasteiger partial charge in [0.2, 0.25) is 0 Å². The molecule has 6 heteroatoms. The van der Waals surface area contributed by atoms with E-state index in [9.17, 15) is 0 Å². The second-order valence-corrected chi connectivity index (χ2v) is 7.30. The summed E-state index contributed by atoms with van der Waals surface area (Å²) in [5.74, 6) is 2.03. The van der Waals surface area contributed by atoms with Gasteiger partial charge in [-0.3, -0.25) is 9.88 Å². The Labute approximate surface area is 155 Å². The molecule has 2 aliphatic heterocycles. The quantitative estimate of drug-likeness (QED) is 0.910. The van der Waals surface area contributed by atoms with Crippen LogP contribution in [-0.4, -0.2) is 52.2 Å². The average Bonchev–Trinajstić information content (AvgIpc) is 2.69. The molecule has 0 saturated carbocycles. The number of ether oxygens (including phenoxy) is 1. The maximum absolute atomic E-state index is 5.52. The van der Waals surface area contributed by atoms with E-state index >= 15 is 0 Å². The zero-order chi connectivity index (χ0) is 17.8. The first kappa shape index (κ1) is 17.4. The van der Waals surface area contributed by atoms with Gasteiger partial charge in [0, 0.05) is 43.6 Å². The number of aryl methyl sites for hydroxylation is 1. The van der Waals surface area contributed by atoms with Crippen molar-refractivity contribution in [3.8, 4) is 0 Å². The molecule has 2 aromatic rings. The first-order chi connectivity index (χ1) is 12.8. The maximum atomic E-state index is 5.52. The minimum Gasteiger partial charge on any atom is -0.381 e. The third-order valence-electron chi connectivity index (χ3n) is 5.38. The topological polar surface area (TPSA) is 63.2 Å². The van der Waals surface area contributed by atoms with Crippen LogP contribution >= 0.6 is 0 Å². The van der Waals surface area contributed by atoms with Crippen molar-refractivity contribution in [3.63, 3.8) is 0 Å². The minimum absolute atomic E-state index is 0.450. The molecule has 0 bridgehead atoms. The summed E-state index contributed by atoms with van der Waals surface area (Å²) in [5.41, 5.74) is 2.07. The van der Waals surface area contributed by atoms with Crippen molar-refractivity contribution in [2.75, 3.05) is 31.6 Å². The standard InChI is InChI=1S/C20H27N5O/c1-15-4-2-6-19(22-15)24-20-13-21-12-18(23-20)16-5-3-9-25(14-16)17-7-10-26-11-8-17/h2,4,6,12-13,16-17H,3,5,7-11,14H2,1H3,(H,22,23,24). The predicted molar refractivity (Wildman–Crippen MR) is 102 cm³/mol. The Morgan fingerprint density at radius 3 is 2.81 bits per heavy atom. The monoisotopic (exact) mass is 353 g/mol. The molecule has 2 fully saturated rings. The lowest BCUT2D eigenvalue weighted by Gasteiger charge is -2.39. The van der Waals surface area contributed by atoms with Gasteiger partial charge in [0.15, 0.2) is 0 Å². The molecule has 0 radical (unpaired) electrons. The first-order valence-corrected chi connectivity index (χ1v) is 9.62. The van der Waals surface area contributed by atoms with Crippen LogP contribution < -0.4 is 5.32 Å². The van der Waals surface area contributed by atoms with Gasteiger partial charge in [-0.15, -0.1) is 0 Å². The summed E-state index contributed by atoms with van der Waals surface area (Å²) in [6.07, 6.45) is 8.40. The van der Waals surface area contributed by atoms with Crippen LogP contribution in [0.1, 0.15) is 43.0 Å². The van der Waals surface area contributed by atoms with Crippen LogP contribution in [0, 0.1) is 6.92 Å². The SMILES string of the molecule is Cc1cccc(Nc2cncc(C3CCCN(C4CCOCC4)C3)n2)n1. The van der Waals surface area contributed by atoms with Gasteiger partial charge >= 0.3 is 0 Å². The second kappa shape index (κ2) is 8.10. The molecule has 1 atom stereocenters. The number of aromatic nitrogens is 3. The molecule has 0 aromatic carbocycles. The number of nitrogens with zero attached hydrogens (tertiary/aromatic N) is 4. The molecule has 138 valence electrons. The van der Waals surface area contributed by atoms with E-state index in [4.69, 9.17) is 9.72 Å². The molecule has 0 spiro atoms. The number of rotatable bonds is 4. The number of likely N-dealkylation sites (tertiary alicyclic amines) is 1. The summed E-state index contributed by atoms with van der Waals surface area (Å²) in [4.78, 5) is 16.4. The van der Waals surface area contributed by atoms with E-state index in [2.05, 4.69) is 20.2 Å². The fourth-order valence-corrected chi connectivity index (χ4v) is 4.01. The molecule has 1 N–H and O–H groups in total. The Morgan fingerprint density at radius 2 is 1.96 bits per heavy atom. The maximum Gasteiger partial charge on any atom is 0.150 e. The van der Waals surface area contributed by atoms with Crippen LogP contribution in [-0.2, 0) is 4.74 Å². The molecule has 2 aliphatic rings. The van der Waals surface area contributed by atoms with Gasteiger partial charge in [0.1, 0.15) is 11.6 Å². The van der Waals surface area contributed by atoms with Crippen LogP contribution in [0.5, 0.6) is 0 Å². The van der Waals surface area contributed by atoms with Gasteiger partial charge in [-0.1, -0.05) is 6.07 Å². The largest absolute Gasteiger partial charge is 0.381 e. The third-order valence-corrected chi connectivity index (χ3v) is 5.38. The molecule has 6 nitrogen and oxygen atoms in total. The normalized spacial score (nSPS) is 22.3. The number of piperidine rings is 1. The van der Waals surface area contributed by atoms with E-state index in [0.29, 0.717) is 12.0 Å². The van der Waals surface area contributed by atoms with E-state index in [0.717, 1.165) is 55.6 Å². The van der Waals surface area contributed by atoms with Gasteiger partial charge in [-0.25, -0.2) is 9.97 Å². The highest BCUT2D eigenvalue weighted by Crippen LogP contribution is 2.29. The number of hydrogen-bond donors (Lipinski definition) is 1. The number of anilines is 2. The van der Waals surface area contributed by atoms with Gasteiger partial charge in [-0.2, -0.15) is 0 Å². The summed E-state index contributed by atoms with van der Waals surface area (Å²) in [7, 11) is 0. The Bertz CT molecular complexity index is 732. The van der Waals surface area contributed by atoms with Crippen molar-refractivity contribution in [1.29, 1.82) is 0 Å². The average molecular weight is 353 g/mol. The molecule has 0 aliphatic carbocycles. The lowest BCUT2D eigenvalue weighted by atomic mass is 9.92. The van der Waals surface area contributed by atoms with Gasteiger partial charge < -0.3 is 10.1 Å².